The molecule has 0 aromatic rings. The van der Waals surface area contributed by atoms with Gasteiger partial charge in [0.2, 0.25) is 0 Å². The smallest absolute Gasteiger partial charge is 0.306 e. The van der Waals surface area contributed by atoms with Crippen molar-refractivity contribution in [3.8, 4) is 0 Å². The minimum Gasteiger partial charge on any atom is -0.462 e. The summed E-state index contributed by atoms with van der Waals surface area (Å²) in [5.41, 5.74) is 0. The van der Waals surface area contributed by atoms with E-state index in [1.165, 1.54) is 161 Å². The fourth-order valence-corrected chi connectivity index (χ4v) is 7.53. The molecule has 0 heterocycles. The Bertz CT molecular complexity index is 958. The van der Waals surface area contributed by atoms with Gasteiger partial charge in [0.25, 0.3) is 0 Å². The second kappa shape index (κ2) is 48.6. The van der Waals surface area contributed by atoms with Gasteiger partial charge in [-0.25, -0.2) is 0 Å². The number of hydrogen-bond acceptors (Lipinski definition) is 6. The number of carbonyl (C=O) groups excluding carboxylic acids is 3. The summed E-state index contributed by atoms with van der Waals surface area (Å²) in [5.74, 6) is -0.881. The highest BCUT2D eigenvalue weighted by Gasteiger charge is 2.19. The molecule has 0 aliphatic carbocycles. The van der Waals surface area contributed by atoms with Crippen LogP contribution < -0.4 is 0 Å². The van der Waals surface area contributed by atoms with Crippen LogP contribution in [0, 0.1) is 0 Å². The maximum absolute atomic E-state index is 12.7. The van der Waals surface area contributed by atoms with Gasteiger partial charge in [-0.1, -0.05) is 231 Å². The monoisotopic (exact) mass is 831 g/mol. The standard InChI is InChI=1S/C53H98O6/c1-4-7-10-13-16-18-20-22-24-26-27-29-30-32-34-37-40-43-46-52(55)58-49-50(48-57-51(54)45-42-39-36-15-12-9-6-3)59-53(56)47-44-41-38-35-33-31-28-25-23-21-19-17-14-11-8-5-2/h19,21,25,28,50H,4-18,20,22-24,26-27,29-49H2,1-3H3/b21-19-,28-25-. The third-order valence-corrected chi connectivity index (χ3v) is 11.5. The van der Waals surface area contributed by atoms with Gasteiger partial charge in [-0.3, -0.25) is 14.4 Å². The van der Waals surface area contributed by atoms with E-state index in [9.17, 15) is 14.4 Å². The summed E-state index contributed by atoms with van der Waals surface area (Å²) in [5, 5.41) is 0. The largest absolute Gasteiger partial charge is 0.462 e. The fourth-order valence-electron chi connectivity index (χ4n) is 7.53. The van der Waals surface area contributed by atoms with Crippen LogP contribution in [0.4, 0.5) is 0 Å². The van der Waals surface area contributed by atoms with Gasteiger partial charge >= 0.3 is 17.9 Å². The number of hydrogen-bond donors (Lipinski definition) is 0. The summed E-state index contributed by atoms with van der Waals surface area (Å²) in [7, 11) is 0. The SMILES string of the molecule is CCCCCC/C=C\C/C=C\CCCCCCCC(=O)OC(COC(=O)CCCCCCCCC)COC(=O)CCCCCCCCCCCCCCCCCCCC. The van der Waals surface area contributed by atoms with Crippen LogP contribution in [0.5, 0.6) is 0 Å². The molecule has 0 bridgehead atoms. The summed E-state index contributed by atoms with van der Waals surface area (Å²) < 4.78 is 16.7. The van der Waals surface area contributed by atoms with E-state index in [1.54, 1.807) is 0 Å². The van der Waals surface area contributed by atoms with Crippen molar-refractivity contribution in [1.82, 2.24) is 0 Å². The Kier molecular flexibility index (Phi) is 46.8. The molecule has 6 nitrogen and oxygen atoms in total. The number of esters is 3. The highest BCUT2D eigenvalue weighted by atomic mass is 16.6. The number of rotatable bonds is 47. The van der Waals surface area contributed by atoms with Crippen LogP contribution in [0.3, 0.4) is 0 Å². The number of ether oxygens (including phenoxy) is 3. The van der Waals surface area contributed by atoms with E-state index >= 15 is 0 Å². The second-order valence-corrected chi connectivity index (χ2v) is 17.4. The van der Waals surface area contributed by atoms with Crippen LogP contribution >= 0.6 is 0 Å². The summed E-state index contributed by atoms with van der Waals surface area (Å²) in [6, 6.07) is 0. The second-order valence-electron chi connectivity index (χ2n) is 17.4. The average molecular weight is 831 g/mol. The van der Waals surface area contributed by atoms with E-state index in [2.05, 4.69) is 45.1 Å². The first-order valence-electron chi connectivity index (χ1n) is 25.8. The summed E-state index contributed by atoms with van der Waals surface area (Å²) in [4.78, 5) is 37.8. The Hall–Kier alpha value is -2.11. The summed E-state index contributed by atoms with van der Waals surface area (Å²) >= 11 is 0. The molecule has 0 aromatic carbocycles. The van der Waals surface area contributed by atoms with Gasteiger partial charge in [-0.15, -0.1) is 0 Å². The Morgan fingerprint density at radius 2 is 0.610 bits per heavy atom. The molecule has 0 aliphatic rings. The minimum atomic E-state index is -0.771. The number of allylic oxidation sites excluding steroid dienone is 4. The van der Waals surface area contributed by atoms with Crippen LogP contribution in [0.2, 0.25) is 0 Å². The van der Waals surface area contributed by atoms with E-state index in [0.29, 0.717) is 19.3 Å². The summed E-state index contributed by atoms with van der Waals surface area (Å²) in [6.07, 6.45) is 54.6. The first kappa shape index (κ1) is 56.9. The molecule has 0 aliphatic heterocycles. The third-order valence-electron chi connectivity index (χ3n) is 11.5. The lowest BCUT2D eigenvalue weighted by atomic mass is 10.0. The van der Waals surface area contributed by atoms with E-state index in [0.717, 1.165) is 77.0 Å². The lowest BCUT2D eigenvalue weighted by molar-refractivity contribution is -0.167. The molecule has 0 saturated heterocycles. The van der Waals surface area contributed by atoms with Gasteiger partial charge in [-0.2, -0.15) is 0 Å². The first-order valence-corrected chi connectivity index (χ1v) is 25.8. The highest BCUT2D eigenvalue weighted by molar-refractivity contribution is 5.71. The predicted octanol–water partition coefficient (Wildman–Crippen LogP) is 16.8. The van der Waals surface area contributed by atoms with Crippen LogP contribution in [-0.2, 0) is 28.6 Å². The molecule has 0 fully saturated rings. The predicted molar refractivity (Wildman–Crippen MR) is 252 cm³/mol. The maximum Gasteiger partial charge on any atom is 0.306 e. The van der Waals surface area contributed by atoms with Crippen molar-refractivity contribution < 1.29 is 28.6 Å². The van der Waals surface area contributed by atoms with Crippen LogP contribution in [0.15, 0.2) is 24.3 Å². The zero-order valence-corrected chi connectivity index (χ0v) is 39.5. The van der Waals surface area contributed by atoms with E-state index in [-0.39, 0.29) is 31.1 Å². The number of unbranched alkanes of at least 4 members (excludes halogenated alkanes) is 32. The van der Waals surface area contributed by atoms with E-state index < -0.39 is 6.10 Å². The molecule has 0 N–H and O–H groups in total. The van der Waals surface area contributed by atoms with Crippen LogP contribution in [0.1, 0.15) is 278 Å². The molecule has 0 aromatic heterocycles. The van der Waals surface area contributed by atoms with Gasteiger partial charge in [0, 0.05) is 19.3 Å². The van der Waals surface area contributed by atoms with E-state index in [1.807, 2.05) is 0 Å². The number of carbonyl (C=O) groups is 3. The Morgan fingerprint density at radius 3 is 0.949 bits per heavy atom. The highest BCUT2D eigenvalue weighted by Crippen LogP contribution is 2.16. The van der Waals surface area contributed by atoms with Crippen molar-refractivity contribution >= 4 is 17.9 Å². The fraction of sp³-hybridized carbons (Fsp3) is 0.868. The molecule has 6 heteroatoms. The molecule has 0 saturated carbocycles. The van der Waals surface area contributed by atoms with Crippen LogP contribution in [-0.4, -0.2) is 37.2 Å². The Morgan fingerprint density at radius 1 is 0.339 bits per heavy atom. The van der Waals surface area contributed by atoms with Gasteiger partial charge in [0.15, 0.2) is 6.10 Å². The molecular weight excluding hydrogens is 733 g/mol. The molecule has 346 valence electrons. The average Bonchev–Trinajstić information content (AvgIpc) is 3.23. The Balaban J connectivity index is 4.23. The van der Waals surface area contributed by atoms with Gasteiger partial charge in [0.05, 0.1) is 0 Å². The molecule has 1 atom stereocenters. The maximum atomic E-state index is 12.7. The van der Waals surface area contributed by atoms with Gasteiger partial charge in [0.1, 0.15) is 13.2 Å². The molecular formula is C53H98O6. The lowest BCUT2D eigenvalue weighted by Gasteiger charge is -2.18. The third kappa shape index (κ3) is 46.8. The zero-order chi connectivity index (χ0) is 43.0. The lowest BCUT2D eigenvalue weighted by Crippen LogP contribution is -2.30. The quantitative estimate of drug-likeness (QED) is 0.0263. The van der Waals surface area contributed by atoms with Gasteiger partial charge < -0.3 is 14.2 Å². The zero-order valence-electron chi connectivity index (χ0n) is 39.5. The minimum absolute atomic E-state index is 0.0728. The van der Waals surface area contributed by atoms with Gasteiger partial charge in [-0.05, 0) is 51.4 Å². The molecule has 0 spiro atoms. The van der Waals surface area contributed by atoms with Crippen molar-refractivity contribution in [3.05, 3.63) is 24.3 Å². The van der Waals surface area contributed by atoms with Crippen molar-refractivity contribution in [3.63, 3.8) is 0 Å². The Labute approximate surface area is 366 Å². The van der Waals surface area contributed by atoms with Crippen molar-refractivity contribution in [2.45, 2.75) is 284 Å². The molecule has 0 rings (SSSR count). The first-order chi connectivity index (χ1) is 29.0. The normalized spacial score (nSPS) is 12.1. The van der Waals surface area contributed by atoms with Crippen LogP contribution in [0.25, 0.3) is 0 Å². The molecule has 0 amide bonds. The van der Waals surface area contributed by atoms with Crippen molar-refractivity contribution in [2.75, 3.05) is 13.2 Å². The molecule has 0 radical (unpaired) electrons. The van der Waals surface area contributed by atoms with Crippen molar-refractivity contribution in [2.24, 2.45) is 0 Å². The molecule has 59 heavy (non-hydrogen) atoms. The van der Waals surface area contributed by atoms with E-state index in [4.69, 9.17) is 14.2 Å². The molecule has 1 unspecified atom stereocenters. The van der Waals surface area contributed by atoms with Crippen molar-refractivity contribution in [1.29, 1.82) is 0 Å². The summed E-state index contributed by atoms with van der Waals surface area (Å²) in [6.45, 7) is 6.60. The topological polar surface area (TPSA) is 78.9 Å².